The van der Waals surface area contributed by atoms with Gasteiger partial charge < -0.3 is 14.6 Å². The summed E-state index contributed by atoms with van der Waals surface area (Å²) >= 11 is 3.50. The van der Waals surface area contributed by atoms with E-state index in [1.165, 1.54) is 12.0 Å². The van der Waals surface area contributed by atoms with Gasteiger partial charge >= 0.3 is 0 Å². The quantitative estimate of drug-likeness (QED) is 0.884. The second kappa shape index (κ2) is 6.68. The molecule has 0 saturated heterocycles. The smallest absolute Gasteiger partial charge is 0.213 e. The molecule has 0 fully saturated rings. The van der Waals surface area contributed by atoms with Crippen molar-refractivity contribution in [3.8, 4) is 5.75 Å². The van der Waals surface area contributed by atoms with Crippen LogP contribution >= 0.6 is 15.9 Å². The molecule has 5 nitrogen and oxygen atoms in total. The predicted molar refractivity (Wildman–Crippen MR) is 74.7 cm³/mol. The van der Waals surface area contributed by atoms with Crippen molar-refractivity contribution in [3.63, 3.8) is 0 Å². The molecule has 0 aliphatic heterocycles. The van der Waals surface area contributed by atoms with Crippen LogP contribution in [0.4, 0.5) is 0 Å². The maximum atomic E-state index is 5.61. The van der Waals surface area contributed by atoms with E-state index in [0.717, 1.165) is 16.8 Å². The highest BCUT2D eigenvalue weighted by Crippen LogP contribution is 2.26. The molecule has 6 heteroatoms. The fourth-order valence-electron chi connectivity index (χ4n) is 1.49. The topological polar surface area (TPSA) is 60.2 Å². The van der Waals surface area contributed by atoms with Crippen LogP contribution in [-0.4, -0.2) is 16.2 Å². The summed E-state index contributed by atoms with van der Waals surface area (Å²) in [6.07, 6.45) is 1.29. The molecule has 0 atom stereocenters. The maximum Gasteiger partial charge on any atom is 0.213 e. The van der Waals surface area contributed by atoms with E-state index in [1.807, 2.05) is 18.2 Å². The SMILES string of the molecule is CC(C)NCc1ccc(OCc2ncon2)c(Br)c1. The van der Waals surface area contributed by atoms with Crippen molar-refractivity contribution in [1.82, 2.24) is 15.5 Å². The predicted octanol–water partition coefficient (Wildman–Crippen LogP) is 2.91. The van der Waals surface area contributed by atoms with Gasteiger partial charge in [-0.05, 0) is 33.6 Å². The molecule has 0 aliphatic rings. The Labute approximate surface area is 120 Å². The van der Waals surface area contributed by atoms with Crippen molar-refractivity contribution in [2.75, 3.05) is 0 Å². The van der Waals surface area contributed by atoms with Crippen LogP contribution in [0.3, 0.4) is 0 Å². The van der Waals surface area contributed by atoms with Crippen molar-refractivity contribution in [3.05, 3.63) is 40.5 Å². The zero-order chi connectivity index (χ0) is 13.7. The van der Waals surface area contributed by atoms with Gasteiger partial charge in [-0.25, -0.2) is 0 Å². The molecule has 0 spiro atoms. The minimum atomic E-state index is 0.290. The first kappa shape index (κ1) is 14.0. The van der Waals surface area contributed by atoms with Crippen molar-refractivity contribution in [2.24, 2.45) is 0 Å². The Bertz CT molecular complexity index is 515. The molecule has 0 saturated carbocycles. The number of rotatable bonds is 6. The van der Waals surface area contributed by atoms with E-state index in [1.54, 1.807) is 0 Å². The first-order valence-electron chi connectivity index (χ1n) is 6.05. The summed E-state index contributed by atoms with van der Waals surface area (Å²) in [6, 6.07) is 6.47. The molecule has 0 bridgehead atoms. The first-order valence-corrected chi connectivity index (χ1v) is 6.84. The summed E-state index contributed by atoms with van der Waals surface area (Å²) in [6.45, 7) is 5.37. The number of hydrogen-bond acceptors (Lipinski definition) is 5. The fraction of sp³-hybridized carbons (Fsp3) is 0.385. The molecule has 19 heavy (non-hydrogen) atoms. The number of nitrogens with one attached hydrogen (secondary N) is 1. The summed E-state index contributed by atoms with van der Waals surface area (Å²) in [4.78, 5) is 3.90. The number of ether oxygens (including phenoxy) is 1. The normalized spacial score (nSPS) is 10.9. The zero-order valence-electron chi connectivity index (χ0n) is 10.9. The minimum Gasteiger partial charge on any atom is -0.484 e. The molecule has 1 heterocycles. The van der Waals surface area contributed by atoms with Crippen LogP contribution in [0, 0.1) is 0 Å². The van der Waals surface area contributed by atoms with Crippen molar-refractivity contribution < 1.29 is 9.26 Å². The number of nitrogens with zero attached hydrogens (tertiary/aromatic N) is 2. The molecule has 102 valence electrons. The van der Waals surface area contributed by atoms with E-state index in [9.17, 15) is 0 Å². The molecule has 0 unspecified atom stereocenters. The molecule has 1 N–H and O–H groups in total. The lowest BCUT2D eigenvalue weighted by Crippen LogP contribution is -2.21. The van der Waals surface area contributed by atoms with Gasteiger partial charge in [0.2, 0.25) is 12.2 Å². The van der Waals surface area contributed by atoms with Crippen LogP contribution in [0.5, 0.6) is 5.75 Å². The van der Waals surface area contributed by atoms with Crippen molar-refractivity contribution in [2.45, 2.75) is 33.0 Å². The molecule has 0 amide bonds. The molecule has 2 aromatic rings. The summed E-state index contributed by atoms with van der Waals surface area (Å²) in [5.41, 5.74) is 1.20. The standard InChI is InChI=1S/C13H16BrN3O2/c1-9(2)15-6-10-3-4-12(11(14)5-10)18-7-13-16-8-19-17-13/h3-5,8-9,15H,6-7H2,1-2H3. The Morgan fingerprint density at radius 2 is 2.26 bits per heavy atom. The fourth-order valence-corrected chi connectivity index (χ4v) is 2.03. The van der Waals surface area contributed by atoms with Crippen LogP contribution in [-0.2, 0) is 13.2 Å². The lowest BCUT2D eigenvalue weighted by atomic mass is 10.2. The number of hydrogen-bond donors (Lipinski definition) is 1. The number of benzene rings is 1. The third-order valence-electron chi connectivity index (χ3n) is 2.47. The average molecular weight is 326 g/mol. The van der Waals surface area contributed by atoms with E-state index in [-0.39, 0.29) is 0 Å². The Morgan fingerprint density at radius 1 is 1.42 bits per heavy atom. The summed E-state index contributed by atoms with van der Waals surface area (Å²) in [5.74, 6) is 1.29. The van der Waals surface area contributed by atoms with Gasteiger partial charge in [0, 0.05) is 12.6 Å². The highest BCUT2D eigenvalue weighted by molar-refractivity contribution is 9.10. The average Bonchev–Trinajstić information content (AvgIpc) is 2.88. The zero-order valence-corrected chi connectivity index (χ0v) is 12.5. The molecule has 1 aromatic carbocycles. The minimum absolute atomic E-state index is 0.290. The third kappa shape index (κ3) is 4.33. The Balaban J connectivity index is 1.94. The third-order valence-corrected chi connectivity index (χ3v) is 3.09. The van der Waals surface area contributed by atoms with Gasteiger partial charge in [-0.1, -0.05) is 25.1 Å². The molecule has 1 aromatic heterocycles. The van der Waals surface area contributed by atoms with E-state index in [4.69, 9.17) is 4.74 Å². The van der Waals surface area contributed by atoms with Crippen LogP contribution in [0.15, 0.2) is 33.6 Å². The second-order valence-electron chi connectivity index (χ2n) is 4.44. The van der Waals surface area contributed by atoms with Crippen LogP contribution in [0.25, 0.3) is 0 Å². The Hall–Kier alpha value is -1.40. The molecular formula is C13H16BrN3O2. The van der Waals surface area contributed by atoms with Gasteiger partial charge in [-0.2, -0.15) is 4.98 Å². The number of halogens is 1. The lowest BCUT2D eigenvalue weighted by Gasteiger charge is -2.10. The summed E-state index contributed by atoms with van der Waals surface area (Å²) in [7, 11) is 0. The van der Waals surface area contributed by atoms with Gasteiger partial charge in [-0.3, -0.25) is 0 Å². The van der Waals surface area contributed by atoms with E-state index >= 15 is 0 Å². The highest BCUT2D eigenvalue weighted by Gasteiger charge is 2.05. The van der Waals surface area contributed by atoms with Gasteiger partial charge in [-0.15, -0.1) is 0 Å². The molecule has 2 rings (SSSR count). The van der Waals surface area contributed by atoms with Crippen molar-refractivity contribution >= 4 is 15.9 Å². The molecule has 0 aliphatic carbocycles. The highest BCUT2D eigenvalue weighted by atomic mass is 79.9. The lowest BCUT2D eigenvalue weighted by molar-refractivity contribution is 0.285. The van der Waals surface area contributed by atoms with Gasteiger partial charge in [0.15, 0.2) is 6.61 Å². The maximum absolute atomic E-state index is 5.61. The van der Waals surface area contributed by atoms with E-state index < -0.39 is 0 Å². The second-order valence-corrected chi connectivity index (χ2v) is 5.29. The van der Waals surface area contributed by atoms with Gasteiger partial charge in [0.1, 0.15) is 5.75 Å². The van der Waals surface area contributed by atoms with Crippen molar-refractivity contribution in [1.29, 1.82) is 0 Å². The molecule has 0 radical (unpaired) electrons. The molecular weight excluding hydrogens is 310 g/mol. The Morgan fingerprint density at radius 3 is 2.89 bits per heavy atom. The van der Waals surface area contributed by atoms with Crippen LogP contribution < -0.4 is 10.1 Å². The first-order chi connectivity index (χ1) is 9.15. The van der Waals surface area contributed by atoms with Gasteiger partial charge in [0.05, 0.1) is 4.47 Å². The summed E-state index contributed by atoms with van der Waals surface area (Å²) in [5, 5.41) is 7.06. The van der Waals surface area contributed by atoms with E-state index in [2.05, 4.69) is 49.8 Å². The number of aromatic nitrogens is 2. The Kier molecular flexibility index (Phi) is 4.93. The summed E-state index contributed by atoms with van der Waals surface area (Å²) < 4.78 is 11.2. The van der Waals surface area contributed by atoms with E-state index in [0.29, 0.717) is 18.5 Å². The monoisotopic (exact) mass is 325 g/mol. The van der Waals surface area contributed by atoms with Crippen LogP contribution in [0.1, 0.15) is 25.2 Å². The largest absolute Gasteiger partial charge is 0.484 e. The van der Waals surface area contributed by atoms with Gasteiger partial charge in [0.25, 0.3) is 0 Å². The van der Waals surface area contributed by atoms with Crippen LogP contribution in [0.2, 0.25) is 0 Å².